The molecule has 3 nitrogen and oxygen atoms in total. The zero-order valence-corrected chi connectivity index (χ0v) is 6.13. The molecule has 0 aliphatic heterocycles. The van der Waals surface area contributed by atoms with Gasteiger partial charge in [-0.25, -0.2) is 0 Å². The number of hydrogen-bond acceptors (Lipinski definition) is 3. The van der Waals surface area contributed by atoms with E-state index in [0.717, 1.165) is 0 Å². The third-order valence-electron chi connectivity index (χ3n) is 1.35. The summed E-state index contributed by atoms with van der Waals surface area (Å²) in [6.45, 7) is 0. The maximum Gasteiger partial charge on any atom is 0.233 e. The van der Waals surface area contributed by atoms with Crippen molar-refractivity contribution in [2.45, 2.75) is 0 Å². The minimum atomic E-state index is 0.441. The van der Waals surface area contributed by atoms with Crippen LogP contribution in [0.1, 0.15) is 5.56 Å². The van der Waals surface area contributed by atoms with Crippen molar-refractivity contribution in [2.24, 2.45) is 0 Å². The molecule has 0 atom stereocenters. The molecule has 1 rings (SSSR count). The van der Waals surface area contributed by atoms with E-state index in [9.17, 15) is 4.79 Å². The molecule has 0 aliphatic carbocycles. The number of carbonyl (C=O) groups excluding carboxylic acids is 1. The predicted molar refractivity (Wildman–Crippen MR) is 42.2 cm³/mol. The van der Waals surface area contributed by atoms with Gasteiger partial charge < -0.3 is 10.5 Å². The van der Waals surface area contributed by atoms with E-state index in [1.807, 2.05) is 0 Å². The van der Waals surface area contributed by atoms with Gasteiger partial charge in [0, 0.05) is 5.56 Å². The number of nitrogens with two attached hydrogens (primary N) is 1. The summed E-state index contributed by atoms with van der Waals surface area (Å²) in [6, 6.07) is 4.74. The maximum atomic E-state index is 10.2. The lowest BCUT2D eigenvalue weighted by Gasteiger charge is -2.02. The van der Waals surface area contributed by atoms with Crippen LogP contribution in [0.4, 0.5) is 5.69 Å². The van der Waals surface area contributed by atoms with Crippen LogP contribution in [-0.2, 0) is 4.79 Å². The zero-order valence-electron chi connectivity index (χ0n) is 6.13. The average molecular weight is 150 g/mol. The van der Waals surface area contributed by atoms with Crippen LogP contribution in [0.15, 0.2) is 18.2 Å². The first-order valence-corrected chi connectivity index (χ1v) is 3.09. The van der Waals surface area contributed by atoms with E-state index in [1.54, 1.807) is 24.5 Å². The Balaban J connectivity index is 3.12. The molecular weight excluding hydrogens is 142 g/mol. The van der Waals surface area contributed by atoms with Crippen molar-refractivity contribution in [3.63, 3.8) is 0 Å². The minimum Gasteiger partial charge on any atom is -0.495 e. The monoisotopic (exact) mass is 150 g/mol. The summed E-state index contributed by atoms with van der Waals surface area (Å²) in [6.07, 6.45) is 1.74. The first kappa shape index (κ1) is 7.60. The molecule has 3 heteroatoms. The molecule has 0 fully saturated rings. The topological polar surface area (TPSA) is 52.3 Å². The molecule has 0 bridgehead atoms. The molecular formula is C8H8NO2. The normalized spacial score (nSPS) is 9.18. The van der Waals surface area contributed by atoms with Crippen molar-refractivity contribution >= 4 is 12.0 Å². The number of ether oxygens (including phenoxy) is 1. The van der Waals surface area contributed by atoms with Gasteiger partial charge in [0.1, 0.15) is 5.75 Å². The standard InChI is InChI=1S/C8H8NO2/c1-11-8-4-6(5-10)2-3-7(8)9/h2-4H,9H2,1H3. The number of nitrogen functional groups attached to an aromatic ring is 1. The van der Waals surface area contributed by atoms with Crippen LogP contribution in [0.3, 0.4) is 0 Å². The lowest BCUT2D eigenvalue weighted by Crippen LogP contribution is -1.93. The Bertz CT molecular complexity index is 271. The Labute approximate surface area is 64.8 Å². The fourth-order valence-corrected chi connectivity index (χ4v) is 0.775. The van der Waals surface area contributed by atoms with Gasteiger partial charge in [-0.15, -0.1) is 0 Å². The minimum absolute atomic E-state index is 0.441. The van der Waals surface area contributed by atoms with E-state index in [1.165, 1.54) is 7.11 Å². The molecule has 11 heavy (non-hydrogen) atoms. The summed E-state index contributed by atoms with van der Waals surface area (Å²) in [5.74, 6) is 0.505. The van der Waals surface area contributed by atoms with E-state index in [2.05, 4.69) is 0 Å². The number of hydrogen-bond donors (Lipinski definition) is 1. The van der Waals surface area contributed by atoms with Crippen LogP contribution in [-0.4, -0.2) is 13.4 Å². The highest BCUT2D eigenvalue weighted by Gasteiger charge is 1.99. The Kier molecular flexibility index (Phi) is 2.11. The van der Waals surface area contributed by atoms with Gasteiger partial charge >= 0.3 is 0 Å². The van der Waals surface area contributed by atoms with Gasteiger partial charge in [-0.05, 0) is 18.2 Å². The average Bonchev–Trinajstić information content (AvgIpc) is 2.05. The first-order valence-electron chi connectivity index (χ1n) is 3.09. The molecule has 0 heterocycles. The van der Waals surface area contributed by atoms with Gasteiger partial charge in [-0.3, -0.25) is 4.79 Å². The zero-order chi connectivity index (χ0) is 8.27. The fourth-order valence-electron chi connectivity index (χ4n) is 0.775. The summed E-state index contributed by atoms with van der Waals surface area (Å²) in [5.41, 5.74) is 6.46. The molecule has 0 saturated carbocycles. The number of anilines is 1. The second-order valence-corrected chi connectivity index (χ2v) is 2.06. The van der Waals surface area contributed by atoms with Crippen molar-refractivity contribution in [3.8, 4) is 5.75 Å². The molecule has 1 aromatic carbocycles. The van der Waals surface area contributed by atoms with Crippen molar-refractivity contribution in [2.75, 3.05) is 12.8 Å². The predicted octanol–water partition coefficient (Wildman–Crippen LogP) is 0.735. The molecule has 1 aromatic rings. The van der Waals surface area contributed by atoms with E-state index >= 15 is 0 Å². The molecule has 57 valence electrons. The van der Waals surface area contributed by atoms with E-state index in [-0.39, 0.29) is 0 Å². The van der Waals surface area contributed by atoms with Gasteiger partial charge in [-0.1, -0.05) is 0 Å². The Morgan fingerprint density at radius 2 is 2.27 bits per heavy atom. The summed E-state index contributed by atoms with van der Waals surface area (Å²) >= 11 is 0. The highest BCUT2D eigenvalue weighted by molar-refractivity contribution is 5.77. The number of benzene rings is 1. The van der Waals surface area contributed by atoms with Crippen LogP contribution in [0.2, 0.25) is 0 Å². The summed E-state index contributed by atoms with van der Waals surface area (Å²) in [4.78, 5) is 10.2. The van der Waals surface area contributed by atoms with E-state index < -0.39 is 0 Å². The molecule has 0 aliphatic rings. The molecule has 0 spiro atoms. The van der Waals surface area contributed by atoms with E-state index in [4.69, 9.17) is 10.5 Å². The van der Waals surface area contributed by atoms with Gasteiger partial charge in [-0.2, -0.15) is 0 Å². The summed E-state index contributed by atoms with van der Waals surface area (Å²) < 4.78 is 4.88. The van der Waals surface area contributed by atoms with Gasteiger partial charge in [0.05, 0.1) is 12.8 Å². The van der Waals surface area contributed by atoms with Gasteiger partial charge in [0.15, 0.2) is 0 Å². The van der Waals surface area contributed by atoms with Crippen LogP contribution >= 0.6 is 0 Å². The summed E-state index contributed by atoms with van der Waals surface area (Å²) in [7, 11) is 1.50. The SMILES string of the molecule is COc1cc([C]=O)ccc1N. The third-order valence-corrected chi connectivity index (χ3v) is 1.35. The van der Waals surface area contributed by atoms with Crippen LogP contribution in [0.25, 0.3) is 0 Å². The Morgan fingerprint density at radius 3 is 2.82 bits per heavy atom. The largest absolute Gasteiger partial charge is 0.495 e. The second kappa shape index (κ2) is 3.05. The molecule has 0 amide bonds. The first-order chi connectivity index (χ1) is 5.27. The van der Waals surface area contributed by atoms with E-state index in [0.29, 0.717) is 17.0 Å². The Hall–Kier alpha value is -1.51. The smallest absolute Gasteiger partial charge is 0.233 e. The highest BCUT2D eigenvalue weighted by Crippen LogP contribution is 2.20. The molecule has 0 aromatic heterocycles. The van der Waals surface area contributed by atoms with Crippen molar-refractivity contribution in [1.29, 1.82) is 0 Å². The Morgan fingerprint density at radius 1 is 1.55 bits per heavy atom. The lowest BCUT2D eigenvalue weighted by molar-refractivity contribution is 0.417. The molecule has 0 saturated heterocycles. The second-order valence-electron chi connectivity index (χ2n) is 2.06. The number of rotatable bonds is 2. The molecule has 0 unspecified atom stereocenters. The van der Waals surface area contributed by atoms with Gasteiger partial charge in [0.2, 0.25) is 6.29 Å². The number of methoxy groups -OCH3 is 1. The van der Waals surface area contributed by atoms with Crippen molar-refractivity contribution in [3.05, 3.63) is 23.8 Å². The summed E-state index contributed by atoms with van der Waals surface area (Å²) in [5, 5.41) is 0. The fraction of sp³-hybridized carbons (Fsp3) is 0.125. The van der Waals surface area contributed by atoms with Gasteiger partial charge in [0.25, 0.3) is 0 Å². The maximum absolute atomic E-state index is 10.2. The van der Waals surface area contributed by atoms with Crippen molar-refractivity contribution in [1.82, 2.24) is 0 Å². The van der Waals surface area contributed by atoms with Crippen LogP contribution in [0, 0.1) is 0 Å². The quantitative estimate of drug-likeness (QED) is 0.632. The third kappa shape index (κ3) is 1.49. The van der Waals surface area contributed by atoms with Crippen LogP contribution < -0.4 is 10.5 Å². The van der Waals surface area contributed by atoms with Crippen LogP contribution in [0.5, 0.6) is 5.75 Å². The lowest BCUT2D eigenvalue weighted by atomic mass is 10.2. The van der Waals surface area contributed by atoms with Crippen molar-refractivity contribution < 1.29 is 9.53 Å². The highest BCUT2D eigenvalue weighted by atomic mass is 16.5. The molecule has 1 radical (unpaired) electrons. The molecule has 2 N–H and O–H groups in total.